The van der Waals surface area contributed by atoms with Gasteiger partial charge in [-0.25, -0.2) is 0 Å². The number of hydrogen-bond donors (Lipinski definition) is 2. The summed E-state index contributed by atoms with van der Waals surface area (Å²) in [7, 11) is 1.66. The number of carbonyl (C=O) groups excluding carboxylic acids is 2. The number of aliphatic hydroxyl groups excluding tert-OH is 1. The molecule has 0 amide bonds. The molecule has 6 nitrogen and oxygen atoms in total. The molecule has 0 aliphatic carbocycles. The zero-order valence-electron chi connectivity index (χ0n) is 15.6. The van der Waals surface area contributed by atoms with Gasteiger partial charge in [0.2, 0.25) is 0 Å². The van der Waals surface area contributed by atoms with Crippen molar-refractivity contribution in [1.29, 1.82) is 0 Å². The summed E-state index contributed by atoms with van der Waals surface area (Å²) >= 11 is 0. The van der Waals surface area contributed by atoms with Gasteiger partial charge in [-0.05, 0) is 67.9 Å². The van der Waals surface area contributed by atoms with Crippen LogP contribution in [0.5, 0.6) is 0 Å². The first-order valence-corrected chi connectivity index (χ1v) is 8.13. The summed E-state index contributed by atoms with van der Waals surface area (Å²) in [6.07, 6.45) is 1.22. The first kappa shape index (κ1) is 21.9. The van der Waals surface area contributed by atoms with Gasteiger partial charge in [0.25, 0.3) is 0 Å². The lowest BCUT2D eigenvalue weighted by molar-refractivity contribution is -0.162. The Bertz CT molecular complexity index is 381. The van der Waals surface area contributed by atoms with Crippen molar-refractivity contribution in [3.8, 4) is 0 Å². The third kappa shape index (κ3) is 10.3. The van der Waals surface area contributed by atoms with Crippen LogP contribution < -0.4 is 5.32 Å². The second kappa shape index (κ2) is 9.23. The van der Waals surface area contributed by atoms with Gasteiger partial charge in [-0.2, -0.15) is 0 Å². The molecule has 0 aromatic rings. The Morgan fingerprint density at radius 2 is 1.48 bits per heavy atom. The molecule has 0 aliphatic heterocycles. The number of hydrogen-bond acceptors (Lipinski definition) is 6. The standard InChI is InChI=1S/C17H33NO5/c1-16(2,3)22-14(20)12(9-8-10-19)11-13(18-7)15(21)23-17(4,5)6/h12-13,18-19H,8-11H2,1-7H3/t12-,13+/m1/s1. The van der Waals surface area contributed by atoms with E-state index in [1.807, 2.05) is 0 Å². The van der Waals surface area contributed by atoms with Crippen molar-refractivity contribution in [1.82, 2.24) is 5.32 Å². The summed E-state index contributed by atoms with van der Waals surface area (Å²) in [6.45, 7) is 10.8. The minimum atomic E-state index is -0.592. The Balaban J connectivity index is 4.96. The lowest BCUT2D eigenvalue weighted by Gasteiger charge is -2.27. The highest BCUT2D eigenvalue weighted by Crippen LogP contribution is 2.21. The second-order valence-electron chi connectivity index (χ2n) is 7.71. The highest BCUT2D eigenvalue weighted by Gasteiger charge is 2.31. The molecule has 136 valence electrons. The van der Waals surface area contributed by atoms with Gasteiger partial charge in [0.05, 0.1) is 5.92 Å². The van der Waals surface area contributed by atoms with Gasteiger partial charge < -0.3 is 19.9 Å². The number of rotatable bonds is 8. The SMILES string of the molecule is CN[C@@H](C[C@@H](CCCO)C(=O)OC(C)(C)C)C(=O)OC(C)(C)C. The maximum atomic E-state index is 12.3. The van der Waals surface area contributed by atoms with E-state index in [0.29, 0.717) is 12.8 Å². The number of aliphatic hydroxyl groups is 1. The molecule has 23 heavy (non-hydrogen) atoms. The molecule has 0 heterocycles. The minimum absolute atomic E-state index is 0.00401. The monoisotopic (exact) mass is 331 g/mol. The van der Waals surface area contributed by atoms with Gasteiger partial charge in [-0.3, -0.25) is 9.59 Å². The fourth-order valence-electron chi connectivity index (χ4n) is 2.04. The van der Waals surface area contributed by atoms with Crippen molar-refractivity contribution >= 4 is 11.9 Å². The van der Waals surface area contributed by atoms with Crippen LogP contribution in [-0.2, 0) is 19.1 Å². The van der Waals surface area contributed by atoms with Crippen LogP contribution in [0.15, 0.2) is 0 Å². The molecule has 0 bridgehead atoms. The predicted molar refractivity (Wildman–Crippen MR) is 89.0 cm³/mol. The molecule has 0 spiro atoms. The Kier molecular flexibility index (Phi) is 8.77. The lowest BCUT2D eigenvalue weighted by Crippen LogP contribution is -2.42. The third-order valence-electron chi connectivity index (χ3n) is 3.01. The number of likely N-dealkylation sites (N-methyl/N-ethyl adjacent to an activating group) is 1. The topological polar surface area (TPSA) is 84.9 Å². The first-order valence-electron chi connectivity index (χ1n) is 8.13. The van der Waals surface area contributed by atoms with Gasteiger partial charge in [0.15, 0.2) is 0 Å². The zero-order valence-corrected chi connectivity index (χ0v) is 15.6. The summed E-state index contributed by atoms with van der Waals surface area (Å²) in [5, 5.41) is 11.9. The van der Waals surface area contributed by atoms with Gasteiger partial charge in [-0.15, -0.1) is 0 Å². The maximum Gasteiger partial charge on any atom is 0.323 e. The Morgan fingerprint density at radius 3 is 1.87 bits per heavy atom. The van der Waals surface area contributed by atoms with E-state index in [9.17, 15) is 9.59 Å². The summed E-state index contributed by atoms with van der Waals surface area (Å²) in [6, 6.07) is -0.592. The van der Waals surface area contributed by atoms with E-state index in [4.69, 9.17) is 14.6 Å². The second-order valence-corrected chi connectivity index (χ2v) is 7.71. The van der Waals surface area contributed by atoms with Crippen molar-refractivity contribution in [2.75, 3.05) is 13.7 Å². The fourth-order valence-corrected chi connectivity index (χ4v) is 2.04. The zero-order chi connectivity index (χ0) is 18.3. The molecule has 2 N–H and O–H groups in total. The van der Waals surface area contributed by atoms with Crippen molar-refractivity contribution in [2.45, 2.75) is 78.0 Å². The molecule has 0 fully saturated rings. The van der Waals surface area contributed by atoms with E-state index in [0.717, 1.165) is 0 Å². The molecular formula is C17H33NO5. The van der Waals surface area contributed by atoms with Gasteiger partial charge >= 0.3 is 11.9 Å². The molecule has 0 radical (unpaired) electrons. The summed E-state index contributed by atoms with van der Waals surface area (Å²) < 4.78 is 10.8. The van der Waals surface area contributed by atoms with E-state index >= 15 is 0 Å². The molecule has 0 unspecified atom stereocenters. The number of esters is 2. The molecule has 0 rings (SSSR count). The van der Waals surface area contributed by atoms with Crippen LogP contribution in [0.2, 0.25) is 0 Å². The third-order valence-corrected chi connectivity index (χ3v) is 3.01. The predicted octanol–water partition coefficient (Wildman–Crippen LogP) is 2.04. The smallest absolute Gasteiger partial charge is 0.323 e. The van der Waals surface area contributed by atoms with Gasteiger partial charge in [-0.1, -0.05) is 0 Å². The Morgan fingerprint density at radius 1 is 1.00 bits per heavy atom. The fraction of sp³-hybridized carbons (Fsp3) is 0.882. The number of carbonyl (C=O) groups is 2. The van der Waals surface area contributed by atoms with E-state index in [1.165, 1.54) is 0 Å². The normalized spacial score (nSPS) is 15.0. The molecule has 6 heteroatoms. The van der Waals surface area contributed by atoms with Crippen LogP contribution in [0.1, 0.15) is 60.8 Å². The first-order chi connectivity index (χ1) is 10.4. The van der Waals surface area contributed by atoms with Crippen LogP contribution >= 0.6 is 0 Å². The average Bonchev–Trinajstić information content (AvgIpc) is 2.34. The molecule has 0 aromatic heterocycles. The Hall–Kier alpha value is -1.14. The van der Waals surface area contributed by atoms with Crippen LogP contribution in [0, 0.1) is 5.92 Å². The summed E-state index contributed by atoms with van der Waals surface area (Å²) in [5.41, 5.74) is -1.17. The highest BCUT2D eigenvalue weighted by atomic mass is 16.6. The van der Waals surface area contributed by atoms with Gasteiger partial charge in [0.1, 0.15) is 17.2 Å². The van der Waals surface area contributed by atoms with E-state index in [1.54, 1.807) is 48.6 Å². The molecule has 0 saturated carbocycles. The van der Waals surface area contributed by atoms with Crippen LogP contribution in [0.4, 0.5) is 0 Å². The van der Waals surface area contributed by atoms with E-state index in [2.05, 4.69) is 5.32 Å². The highest BCUT2D eigenvalue weighted by molar-refractivity contribution is 5.78. The Labute approximate surface area is 139 Å². The molecule has 0 aromatic carbocycles. The lowest BCUT2D eigenvalue weighted by atomic mass is 9.94. The molecule has 0 saturated heterocycles. The van der Waals surface area contributed by atoms with Crippen molar-refractivity contribution in [3.05, 3.63) is 0 Å². The van der Waals surface area contributed by atoms with Crippen LogP contribution in [-0.4, -0.2) is 47.9 Å². The van der Waals surface area contributed by atoms with Crippen molar-refractivity contribution in [3.63, 3.8) is 0 Å². The summed E-state index contributed by atoms with van der Waals surface area (Å²) in [4.78, 5) is 24.6. The summed E-state index contributed by atoms with van der Waals surface area (Å²) in [5.74, 6) is -1.21. The average molecular weight is 331 g/mol. The maximum absolute atomic E-state index is 12.3. The van der Waals surface area contributed by atoms with Crippen LogP contribution in [0.25, 0.3) is 0 Å². The molecule has 0 aliphatic rings. The van der Waals surface area contributed by atoms with Crippen molar-refractivity contribution < 1.29 is 24.2 Å². The number of nitrogens with one attached hydrogen (secondary N) is 1. The number of ether oxygens (including phenoxy) is 2. The van der Waals surface area contributed by atoms with Crippen molar-refractivity contribution in [2.24, 2.45) is 5.92 Å². The van der Waals surface area contributed by atoms with E-state index in [-0.39, 0.29) is 19.0 Å². The molecule has 2 atom stereocenters. The van der Waals surface area contributed by atoms with Gasteiger partial charge in [0, 0.05) is 6.61 Å². The quantitative estimate of drug-likeness (QED) is 0.662. The van der Waals surface area contributed by atoms with Crippen LogP contribution in [0.3, 0.4) is 0 Å². The minimum Gasteiger partial charge on any atom is -0.460 e. The van der Waals surface area contributed by atoms with E-state index < -0.39 is 29.1 Å². The molecular weight excluding hydrogens is 298 g/mol. The largest absolute Gasteiger partial charge is 0.460 e.